The maximum atomic E-state index is 12.5. The highest BCUT2D eigenvalue weighted by molar-refractivity contribution is 7.77. The Morgan fingerprint density at radius 2 is 1.78 bits per heavy atom. The molecule has 0 amide bonds. The quantitative estimate of drug-likeness (QED) is 0.506. The van der Waals surface area contributed by atoms with Crippen molar-refractivity contribution in [3.63, 3.8) is 0 Å². The average Bonchev–Trinajstić information content (AvgIpc) is 2.29. The van der Waals surface area contributed by atoms with Crippen LogP contribution in [0, 0.1) is 0 Å². The first-order valence-corrected chi connectivity index (χ1v) is 5.09. The van der Waals surface area contributed by atoms with Crippen LogP contribution in [0.3, 0.4) is 0 Å². The Kier molecular flexibility index (Phi) is 4.74. The molecule has 1 N–H and O–H groups in total. The van der Waals surface area contributed by atoms with Gasteiger partial charge in [0.1, 0.15) is 5.71 Å². The van der Waals surface area contributed by atoms with Crippen molar-refractivity contribution in [1.82, 2.24) is 4.89 Å². The van der Waals surface area contributed by atoms with E-state index in [4.69, 9.17) is 0 Å². The molecule has 18 heavy (non-hydrogen) atoms. The number of nitrogens with one attached hydrogen (secondary N) is 1. The van der Waals surface area contributed by atoms with Gasteiger partial charge in [-0.25, -0.2) is 4.79 Å². The van der Waals surface area contributed by atoms with Crippen LogP contribution in [-0.2, 0) is 4.84 Å². The summed E-state index contributed by atoms with van der Waals surface area (Å²) in [6.07, 6.45) is -4.54. The van der Waals surface area contributed by atoms with Gasteiger partial charge in [0.2, 0.25) is 0 Å². The average molecular weight is 278 g/mol. The molecule has 0 fully saturated rings. The highest BCUT2D eigenvalue weighted by atomic mass is 32.1. The van der Waals surface area contributed by atoms with Crippen LogP contribution in [0.1, 0.15) is 15.9 Å². The van der Waals surface area contributed by atoms with Crippen LogP contribution in [0.15, 0.2) is 29.3 Å². The van der Waals surface area contributed by atoms with Gasteiger partial charge in [0, 0.05) is 12.6 Å². The Morgan fingerprint density at radius 3 is 2.17 bits per heavy atom. The molecule has 0 unspecified atom stereocenters. The molecule has 98 valence electrons. The number of nitrogens with zero attached hydrogens (tertiary/aromatic N) is 1. The monoisotopic (exact) mass is 278 g/mol. The predicted molar refractivity (Wildman–Crippen MR) is 62.5 cm³/mol. The Hall–Kier alpha value is -1.54. The SMILES string of the molecule is CN=C(c1ccc(C(=O)ONS)cc1)C(F)(F)F. The van der Waals surface area contributed by atoms with Gasteiger partial charge in [-0.05, 0) is 12.1 Å². The second-order valence-corrected chi connectivity index (χ2v) is 3.31. The van der Waals surface area contributed by atoms with Crippen molar-refractivity contribution in [3.05, 3.63) is 35.4 Å². The molecular formula is C10H9F3N2O2S. The van der Waals surface area contributed by atoms with Crippen LogP contribution in [0.5, 0.6) is 0 Å². The van der Waals surface area contributed by atoms with Gasteiger partial charge in [-0.2, -0.15) is 13.2 Å². The second-order valence-electron chi connectivity index (χ2n) is 3.13. The van der Waals surface area contributed by atoms with Gasteiger partial charge in [-0.1, -0.05) is 29.8 Å². The molecule has 0 atom stereocenters. The Bertz CT molecular complexity index is 457. The predicted octanol–water partition coefficient (Wildman–Crippen LogP) is 2.17. The lowest BCUT2D eigenvalue weighted by Crippen LogP contribution is -2.24. The van der Waals surface area contributed by atoms with E-state index in [1.807, 2.05) is 4.89 Å². The first kappa shape index (κ1) is 14.5. The molecule has 0 spiro atoms. The first-order chi connectivity index (χ1) is 8.40. The molecule has 0 saturated heterocycles. The lowest BCUT2D eigenvalue weighted by Gasteiger charge is -2.10. The highest BCUT2D eigenvalue weighted by Gasteiger charge is 2.36. The van der Waals surface area contributed by atoms with E-state index in [1.165, 1.54) is 12.1 Å². The number of benzene rings is 1. The van der Waals surface area contributed by atoms with Crippen LogP contribution >= 0.6 is 12.8 Å². The summed E-state index contributed by atoms with van der Waals surface area (Å²) < 4.78 is 37.6. The van der Waals surface area contributed by atoms with E-state index in [0.29, 0.717) is 0 Å². The molecule has 1 rings (SSSR count). The van der Waals surface area contributed by atoms with Gasteiger partial charge in [0.25, 0.3) is 0 Å². The highest BCUT2D eigenvalue weighted by Crippen LogP contribution is 2.22. The van der Waals surface area contributed by atoms with Crippen LogP contribution in [0.25, 0.3) is 0 Å². The van der Waals surface area contributed by atoms with E-state index in [0.717, 1.165) is 19.2 Å². The maximum Gasteiger partial charge on any atom is 0.433 e. The molecular weight excluding hydrogens is 269 g/mol. The smallest absolute Gasteiger partial charge is 0.356 e. The third kappa shape index (κ3) is 3.47. The number of carbonyl (C=O) groups excluding carboxylic acids is 1. The number of alkyl halides is 3. The largest absolute Gasteiger partial charge is 0.433 e. The van der Waals surface area contributed by atoms with Gasteiger partial charge >= 0.3 is 12.1 Å². The van der Waals surface area contributed by atoms with Gasteiger partial charge in [0.15, 0.2) is 0 Å². The number of carbonyl (C=O) groups is 1. The minimum atomic E-state index is -4.54. The number of thiol groups is 1. The fraction of sp³-hybridized carbons (Fsp3) is 0.200. The summed E-state index contributed by atoms with van der Waals surface area (Å²) in [6.45, 7) is 0. The lowest BCUT2D eigenvalue weighted by atomic mass is 10.1. The van der Waals surface area contributed by atoms with Crippen LogP contribution in [0.4, 0.5) is 13.2 Å². The Balaban J connectivity index is 2.99. The van der Waals surface area contributed by atoms with E-state index in [-0.39, 0.29) is 11.1 Å². The van der Waals surface area contributed by atoms with E-state index in [9.17, 15) is 18.0 Å². The van der Waals surface area contributed by atoms with Gasteiger partial charge in [0.05, 0.1) is 5.56 Å². The third-order valence-corrected chi connectivity index (χ3v) is 2.12. The van der Waals surface area contributed by atoms with E-state index in [2.05, 4.69) is 22.6 Å². The molecule has 1 aromatic rings. The number of hydrogen-bond donors (Lipinski definition) is 2. The number of halogens is 3. The summed E-state index contributed by atoms with van der Waals surface area (Å²) in [7, 11) is 1.05. The van der Waals surface area contributed by atoms with Crippen molar-refractivity contribution in [3.8, 4) is 0 Å². The fourth-order valence-electron chi connectivity index (χ4n) is 1.28. The molecule has 0 radical (unpaired) electrons. The van der Waals surface area contributed by atoms with Crippen molar-refractivity contribution in [2.75, 3.05) is 7.05 Å². The molecule has 1 aromatic carbocycles. The normalized spacial score (nSPS) is 12.4. The molecule has 0 saturated carbocycles. The summed E-state index contributed by atoms with van der Waals surface area (Å²) in [4.78, 5) is 20.6. The van der Waals surface area contributed by atoms with Crippen molar-refractivity contribution >= 4 is 24.5 Å². The first-order valence-electron chi connectivity index (χ1n) is 4.65. The van der Waals surface area contributed by atoms with E-state index < -0.39 is 17.9 Å². The van der Waals surface area contributed by atoms with Crippen molar-refractivity contribution in [1.29, 1.82) is 0 Å². The zero-order valence-electron chi connectivity index (χ0n) is 9.15. The second kappa shape index (κ2) is 5.87. The molecule has 0 aromatic heterocycles. The van der Waals surface area contributed by atoms with Crippen molar-refractivity contribution in [2.45, 2.75) is 6.18 Å². The molecule has 0 aliphatic rings. The van der Waals surface area contributed by atoms with Gasteiger partial charge in [-0.15, -0.1) is 0 Å². The summed E-state index contributed by atoms with van der Waals surface area (Å²) in [5.74, 6) is -0.751. The molecule has 8 heteroatoms. The summed E-state index contributed by atoms with van der Waals surface area (Å²) in [5, 5.41) is 0. The van der Waals surface area contributed by atoms with E-state index >= 15 is 0 Å². The molecule has 0 aliphatic carbocycles. The molecule has 4 nitrogen and oxygen atoms in total. The summed E-state index contributed by atoms with van der Waals surface area (Å²) in [6, 6.07) is 4.70. The van der Waals surface area contributed by atoms with Crippen molar-refractivity contribution < 1.29 is 22.8 Å². The minimum absolute atomic E-state index is 0.0953. The Labute approximate surface area is 106 Å². The van der Waals surface area contributed by atoms with Crippen LogP contribution in [0.2, 0.25) is 0 Å². The lowest BCUT2D eigenvalue weighted by molar-refractivity contribution is -0.0581. The minimum Gasteiger partial charge on any atom is -0.356 e. The van der Waals surface area contributed by atoms with Crippen LogP contribution in [-0.4, -0.2) is 24.9 Å². The molecule has 0 bridgehead atoms. The van der Waals surface area contributed by atoms with Crippen LogP contribution < -0.4 is 4.89 Å². The standard InChI is InChI=1S/C10H9F3N2O2S/c1-14-8(10(11,12)13)6-2-4-7(5-3-6)9(16)17-15-18/h2-5,15,18H,1H3. The topological polar surface area (TPSA) is 50.7 Å². The summed E-state index contributed by atoms with van der Waals surface area (Å²) in [5.41, 5.74) is -1.03. The van der Waals surface area contributed by atoms with E-state index in [1.54, 1.807) is 0 Å². The third-order valence-electron chi connectivity index (χ3n) is 2.02. The maximum absolute atomic E-state index is 12.5. The van der Waals surface area contributed by atoms with Crippen molar-refractivity contribution in [2.24, 2.45) is 4.99 Å². The number of rotatable bonds is 3. The zero-order valence-corrected chi connectivity index (χ0v) is 10.0. The number of hydrogen-bond acceptors (Lipinski definition) is 5. The fourth-order valence-corrected chi connectivity index (χ4v) is 1.37. The summed E-state index contributed by atoms with van der Waals surface area (Å²) >= 11 is 3.46. The molecule has 0 heterocycles. The molecule has 0 aliphatic heterocycles. The Morgan fingerprint density at radius 1 is 1.28 bits per heavy atom. The van der Waals surface area contributed by atoms with Gasteiger partial charge in [-0.3, -0.25) is 4.99 Å². The van der Waals surface area contributed by atoms with Gasteiger partial charge < -0.3 is 4.84 Å². The number of aliphatic imine (C=N–C) groups is 1. The zero-order chi connectivity index (χ0) is 13.8.